The van der Waals surface area contributed by atoms with Crippen molar-refractivity contribution in [3.05, 3.63) is 64.4 Å². The molecule has 1 fully saturated rings. The Kier molecular flexibility index (Phi) is 8.65. The Morgan fingerprint density at radius 1 is 1.15 bits per heavy atom. The minimum Gasteiger partial charge on any atom is -0.466 e. The van der Waals surface area contributed by atoms with Crippen LogP contribution in [0.5, 0.6) is 0 Å². The number of carbonyl (C=O) groups excluding carboxylic acids is 1. The van der Waals surface area contributed by atoms with Gasteiger partial charge in [-0.25, -0.2) is 4.39 Å². The van der Waals surface area contributed by atoms with Crippen molar-refractivity contribution in [3.63, 3.8) is 0 Å². The number of alkyl halides is 1. The van der Waals surface area contributed by atoms with Crippen LogP contribution < -0.4 is 4.90 Å². The molecule has 0 saturated carbocycles. The molecule has 1 saturated heterocycles. The Bertz CT molecular complexity index is 1050. The van der Waals surface area contributed by atoms with Crippen molar-refractivity contribution in [2.75, 3.05) is 50.8 Å². The highest BCUT2D eigenvalue weighted by Crippen LogP contribution is 2.37. The third kappa shape index (κ3) is 5.83. The van der Waals surface area contributed by atoms with Crippen LogP contribution in [-0.4, -0.2) is 67.5 Å². The van der Waals surface area contributed by atoms with E-state index in [0.717, 1.165) is 49.9 Å². The molecule has 1 unspecified atom stereocenters. The SMILES string of the molecule is CCOC(=O)CC1=NN(CCCN2CCN(c3ccccc3Cl)CC2)C(I)c2c(F)cccc21. The lowest BCUT2D eigenvalue weighted by Gasteiger charge is -2.37. The number of benzene rings is 2. The topological polar surface area (TPSA) is 48.4 Å². The summed E-state index contributed by atoms with van der Waals surface area (Å²) in [6, 6.07) is 12.9. The number of hydrazone groups is 1. The number of anilines is 1. The highest BCUT2D eigenvalue weighted by molar-refractivity contribution is 14.1. The lowest BCUT2D eigenvalue weighted by atomic mass is 9.98. The summed E-state index contributed by atoms with van der Waals surface area (Å²) < 4.78 is 19.6. The van der Waals surface area contributed by atoms with Crippen molar-refractivity contribution in [3.8, 4) is 0 Å². The van der Waals surface area contributed by atoms with Gasteiger partial charge in [0.15, 0.2) is 0 Å². The number of rotatable bonds is 8. The molecule has 0 aliphatic carbocycles. The van der Waals surface area contributed by atoms with Crippen LogP contribution in [0, 0.1) is 5.82 Å². The van der Waals surface area contributed by atoms with Crippen molar-refractivity contribution in [2.24, 2.45) is 5.10 Å². The van der Waals surface area contributed by atoms with E-state index in [1.165, 1.54) is 6.07 Å². The second kappa shape index (κ2) is 11.7. The first-order valence-corrected chi connectivity index (χ1v) is 13.2. The van der Waals surface area contributed by atoms with Gasteiger partial charge in [0, 0.05) is 50.4 Å². The maximum Gasteiger partial charge on any atom is 0.311 e. The van der Waals surface area contributed by atoms with Gasteiger partial charge in [-0.3, -0.25) is 14.7 Å². The molecule has 0 spiro atoms. The molecule has 2 aromatic rings. The van der Waals surface area contributed by atoms with E-state index >= 15 is 0 Å². The monoisotopic (exact) mass is 598 g/mol. The van der Waals surface area contributed by atoms with Crippen LogP contribution in [0.25, 0.3) is 0 Å². The number of fused-ring (bicyclic) bond motifs is 1. The molecular formula is C25H29ClFIN4O2. The molecule has 2 aromatic carbocycles. The zero-order valence-corrected chi connectivity index (χ0v) is 22.1. The molecule has 182 valence electrons. The molecule has 2 aliphatic heterocycles. The zero-order chi connectivity index (χ0) is 24.1. The van der Waals surface area contributed by atoms with Crippen LogP contribution in [0.4, 0.5) is 10.1 Å². The van der Waals surface area contributed by atoms with Gasteiger partial charge in [0.1, 0.15) is 9.87 Å². The van der Waals surface area contributed by atoms with Crippen molar-refractivity contribution >= 4 is 51.6 Å². The number of hydrogen-bond donors (Lipinski definition) is 0. The summed E-state index contributed by atoms with van der Waals surface area (Å²) >= 11 is 8.59. The van der Waals surface area contributed by atoms with Crippen molar-refractivity contribution in [2.45, 2.75) is 23.8 Å². The number of hydrogen-bond acceptors (Lipinski definition) is 6. The molecule has 1 atom stereocenters. The molecule has 9 heteroatoms. The smallest absolute Gasteiger partial charge is 0.311 e. The van der Waals surface area contributed by atoms with Crippen LogP contribution in [0.2, 0.25) is 5.02 Å². The molecule has 0 radical (unpaired) electrons. The predicted octanol–water partition coefficient (Wildman–Crippen LogP) is 5.10. The molecule has 0 aromatic heterocycles. The first-order chi connectivity index (χ1) is 16.5. The molecule has 0 amide bonds. The zero-order valence-electron chi connectivity index (χ0n) is 19.2. The Labute approximate surface area is 218 Å². The van der Waals surface area contributed by atoms with Crippen molar-refractivity contribution in [1.29, 1.82) is 0 Å². The Morgan fingerprint density at radius 3 is 2.65 bits per heavy atom. The largest absolute Gasteiger partial charge is 0.466 e. The minimum absolute atomic E-state index is 0.0359. The van der Waals surface area contributed by atoms with Crippen LogP contribution in [0.3, 0.4) is 0 Å². The van der Waals surface area contributed by atoms with Crippen LogP contribution in [-0.2, 0) is 9.53 Å². The van der Waals surface area contributed by atoms with E-state index in [0.29, 0.717) is 30.0 Å². The molecular weight excluding hydrogens is 570 g/mol. The highest BCUT2D eigenvalue weighted by Gasteiger charge is 2.30. The normalized spacial score (nSPS) is 18.5. The number of para-hydroxylation sites is 1. The third-order valence-corrected chi connectivity index (χ3v) is 7.74. The van der Waals surface area contributed by atoms with Gasteiger partial charge in [-0.15, -0.1) is 0 Å². The molecule has 2 aliphatic rings. The van der Waals surface area contributed by atoms with E-state index < -0.39 is 0 Å². The fourth-order valence-corrected chi connectivity index (χ4v) is 5.75. The highest BCUT2D eigenvalue weighted by atomic mass is 127. The van der Waals surface area contributed by atoms with Gasteiger partial charge in [-0.2, -0.15) is 5.10 Å². The maximum absolute atomic E-state index is 14.7. The summed E-state index contributed by atoms with van der Waals surface area (Å²) in [5, 5.41) is 7.44. The standard InChI is InChI=1S/C25H29ClFIN4O2/c1-2-34-23(33)17-21-18-7-5-9-20(27)24(18)25(28)32(29-21)12-6-11-30-13-15-31(16-14-30)22-10-4-3-8-19(22)26/h3-5,7-10,25H,2,6,11-17H2,1H3. The number of nitrogens with zero attached hydrogens (tertiary/aromatic N) is 4. The lowest BCUT2D eigenvalue weighted by Crippen LogP contribution is -2.47. The van der Waals surface area contributed by atoms with Crippen LogP contribution in [0.1, 0.15) is 34.9 Å². The molecule has 34 heavy (non-hydrogen) atoms. The van der Waals surface area contributed by atoms with Gasteiger partial charge in [0.2, 0.25) is 0 Å². The molecule has 2 heterocycles. The Morgan fingerprint density at radius 2 is 1.91 bits per heavy atom. The quantitative estimate of drug-likeness (QED) is 0.183. The molecule has 4 rings (SSSR count). The van der Waals surface area contributed by atoms with Gasteiger partial charge < -0.3 is 9.64 Å². The van der Waals surface area contributed by atoms with Crippen molar-refractivity contribution < 1.29 is 13.9 Å². The number of ether oxygens (including phenoxy) is 1. The summed E-state index contributed by atoms with van der Waals surface area (Å²) in [7, 11) is 0. The maximum atomic E-state index is 14.7. The van der Waals surface area contributed by atoms with Crippen LogP contribution >= 0.6 is 34.2 Å². The molecule has 0 bridgehead atoms. The Balaban J connectivity index is 1.35. The summed E-state index contributed by atoms with van der Waals surface area (Å²) in [5.74, 6) is -0.617. The summed E-state index contributed by atoms with van der Waals surface area (Å²) in [4.78, 5) is 16.9. The molecule has 0 N–H and O–H groups in total. The second-order valence-electron chi connectivity index (χ2n) is 8.36. The average molecular weight is 599 g/mol. The Hall–Kier alpha value is -1.91. The minimum atomic E-state index is -0.347. The lowest BCUT2D eigenvalue weighted by molar-refractivity contribution is -0.141. The summed E-state index contributed by atoms with van der Waals surface area (Å²) in [6.07, 6.45) is 0.930. The molecule has 6 nitrogen and oxygen atoms in total. The van der Waals surface area contributed by atoms with E-state index in [4.69, 9.17) is 21.4 Å². The van der Waals surface area contributed by atoms with Gasteiger partial charge in [0.25, 0.3) is 0 Å². The number of piperazine rings is 1. The number of esters is 1. The van der Waals surface area contributed by atoms with Gasteiger partial charge in [0.05, 0.1) is 29.4 Å². The van der Waals surface area contributed by atoms with E-state index in [9.17, 15) is 9.18 Å². The van der Waals surface area contributed by atoms with E-state index in [-0.39, 0.29) is 22.3 Å². The fraction of sp³-hybridized carbons (Fsp3) is 0.440. The number of halogens is 3. The van der Waals surface area contributed by atoms with E-state index in [1.807, 2.05) is 29.3 Å². The average Bonchev–Trinajstić information content (AvgIpc) is 2.83. The summed E-state index contributed by atoms with van der Waals surface area (Å²) in [5.41, 5.74) is 2.94. The number of carbonyl (C=O) groups is 1. The first-order valence-electron chi connectivity index (χ1n) is 11.6. The summed E-state index contributed by atoms with van der Waals surface area (Å²) in [6.45, 7) is 7.49. The van der Waals surface area contributed by atoms with E-state index in [2.05, 4.69) is 38.5 Å². The van der Waals surface area contributed by atoms with Crippen LogP contribution in [0.15, 0.2) is 47.6 Å². The first kappa shape index (κ1) is 25.2. The van der Waals surface area contributed by atoms with Crippen molar-refractivity contribution in [1.82, 2.24) is 9.91 Å². The van der Waals surface area contributed by atoms with Gasteiger partial charge in [-0.1, -0.05) is 58.5 Å². The third-order valence-electron chi connectivity index (χ3n) is 6.16. The van der Waals surface area contributed by atoms with Gasteiger partial charge >= 0.3 is 5.97 Å². The second-order valence-corrected chi connectivity index (χ2v) is 9.95. The van der Waals surface area contributed by atoms with Gasteiger partial charge in [-0.05, 0) is 31.5 Å². The van der Waals surface area contributed by atoms with E-state index in [1.54, 1.807) is 13.0 Å². The fourth-order valence-electron chi connectivity index (χ4n) is 4.46. The predicted molar refractivity (Wildman–Crippen MR) is 142 cm³/mol.